The fraction of sp³-hybridized carbons (Fsp3) is 0.533. The number of para-hydroxylation sites is 1. The molecule has 2 atom stereocenters. The van der Waals surface area contributed by atoms with Gasteiger partial charge < -0.3 is 30.5 Å². The smallest absolute Gasteiger partial charge is 0.407 e. The molecule has 2 saturated heterocycles. The second-order valence-electron chi connectivity index (χ2n) is 11.3. The van der Waals surface area contributed by atoms with E-state index in [2.05, 4.69) is 51.9 Å². The molecular weight excluding hydrogens is 508 g/mol. The molecule has 1 aromatic heterocycles. The van der Waals surface area contributed by atoms with Gasteiger partial charge in [-0.1, -0.05) is 30.3 Å². The number of aliphatic hydroxyl groups excluding tert-OH is 1. The third-order valence-electron chi connectivity index (χ3n) is 8.47. The largest absolute Gasteiger partial charge is 0.465 e. The number of ether oxygens (including phenoxy) is 1. The van der Waals surface area contributed by atoms with Crippen LogP contribution in [0.5, 0.6) is 0 Å². The van der Waals surface area contributed by atoms with E-state index in [0.29, 0.717) is 26.2 Å². The van der Waals surface area contributed by atoms with E-state index in [1.165, 1.54) is 16.0 Å². The molecule has 3 aliphatic rings. The molecule has 4 heterocycles. The number of fused-ring (bicyclic) bond motifs is 2. The van der Waals surface area contributed by atoms with Crippen molar-refractivity contribution < 1.29 is 19.7 Å². The van der Waals surface area contributed by atoms with E-state index < -0.39 is 12.2 Å². The second-order valence-corrected chi connectivity index (χ2v) is 11.3. The Morgan fingerprint density at radius 2 is 1.88 bits per heavy atom. The number of anilines is 2. The van der Waals surface area contributed by atoms with Gasteiger partial charge in [0.1, 0.15) is 0 Å². The summed E-state index contributed by atoms with van der Waals surface area (Å²) < 4.78 is 8.14. The van der Waals surface area contributed by atoms with Crippen LogP contribution in [0, 0.1) is 0 Å². The summed E-state index contributed by atoms with van der Waals surface area (Å²) in [6, 6.07) is 14.9. The molecule has 1 amide bonds. The normalized spacial score (nSPS) is 21.2. The molecule has 1 unspecified atom stereocenters. The van der Waals surface area contributed by atoms with Gasteiger partial charge in [0.25, 0.3) is 0 Å². The van der Waals surface area contributed by atoms with E-state index >= 15 is 0 Å². The third-order valence-corrected chi connectivity index (χ3v) is 8.47. The van der Waals surface area contributed by atoms with Crippen LogP contribution in [0.15, 0.2) is 42.5 Å². The summed E-state index contributed by atoms with van der Waals surface area (Å²) in [7, 11) is 0. The number of nitrogens with one attached hydrogen (secondary N) is 2. The molecule has 2 aromatic carbocycles. The molecule has 4 N–H and O–H groups in total. The molecule has 0 aliphatic carbocycles. The summed E-state index contributed by atoms with van der Waals surface area (Å²) in [4.78, 5) is 15.1. The Labute approximate surface area is 234 Å². The van der Waals surface area contributed by atoms with Crippen molar-refractivity contribution in [3.05, 3.63) is 53.6 Å². The number of nitrogens with zero attached hydrogens (tertiary/aromatic N) is 4. The number of hydrogen-bond donors (Lipinski definition) is 4. The van der Waals surface area contributed by atoms with Crippen molar-refractivity contribution in [3.63, 3.8) is 0 Å². The molecule has 214 valence electrons. The van der Waals surface area contributed by atoms with Crippen LogP contribution in [0.3, 0.4) is 0 Å². The number of piperidine rings is 1. The number of rotatable bonds is 8. The molecule has 10 heteroatoms. The minimum Gasteiger partial charge on any atom is -0.465 e. The van der Waals surface area contributed by atoms with Crippen LogP contribution in [-0.2, 0) is 17.7 Å². The number of β-amino-alcohol motifs (C(OH)–C–C–N with tert-alkyl or cyclic N) is 1. The molecule has 10 nitrogen and oxygen atoms in total. The lowest BCUT2D eigenvalue weighted by Gasteiger charge is -2.31. The number of hydrogen-bond acceptors (Lipinski definition) is 7. The molecule has 40 heavy (non-hydrogen) atoms. The highest BCUT2D eigenvalue weighted by molar-refractivity contribution is 5.98. The van der Waals surface area contributed by atoms with Crippen LogP contribution in [0.1, 0.15) is 49.5 Å². The van der Waals surface area contributed by atoms with Gasteiger partial charge in [-0.15, -0.1) is 0 Å². The van der Waals surface area contributed by atoms with Crippen molar-refractivity contribution in [2.45, 2.75) is 63.4 Å². The number of amides is 1. The zero-order valence-electron chi connectivity index (χ0n) is 23.0. The van der Waals surface area contributed by atoms with Crippen molar-refractivity contribution in [2.75, 3.05) is 50.0 Å². The van der Waals surface area contributed by atoms with Crippen LogP contribution >= 0.6 is 0 Å². The van der Waals surface area contributed by atoms with Crippen LogP contribution in [0.25, 0.3) is 10.9 Å². The van der Waals surface area contributed by atoms with E-state index in [-0.39, 0.29) is 12.3 Å². The number of aliphatic hydroxyl groups is 1. The van der Waals surface area contributed by atoms with Gasteiger partial charge >= 0.3 is 6.09 Å². The van der Waals surface area contributed by atoms with Gasteiger partial charge in [0, 0.05) is 57.3 Å². The second kappa shape index (κ2) is 12.0. The highest BCUT2D eigenvalue weighted by Crippen LogP contribution is 2.35. The number of aromatic nitrogens is 2. The minimum atomic E-state index is -0.851. The van der Waals surface area contributed by atoms with E-state index in [0.717, 1.165) is 80.6 Å². The van der Waals surface area contributed by atoms with Crippen molar-refractivity contribution in [1.29, 1.82) is 0 Å². The Morgan fingerprint density at radius 1 is 1.05 bits per heavy atom. The lowest BCUT2D eigenvalue weighted by atomic mass is 10.00. The zero-order valence-corrected chi connectivity index (χ0v) is 23.0. The van der Waals surface area contributed by atoms with Gasteiger partial charge in [0.2, 0.25) is 0 Å². The third kappa shape index (κ3) is 5.89. The van der Waals surface area contributed by atoms with Gasteiger partial charge in [-0.3, -0.25) is 4.90 Å². The average Bonchev–Trinajstić information content (AvgIpc) is 3.36. The highest BCUT2D eigenvalue weighted by Gasteiger charge is 2.26. The Hall–Kier alpha value is -3.34. The summed E-state index contributed by atoms with van der Waals surface area (Å²) in [5.74, 6) is 0.747. The van der Waals surface area contributed by atoms with Gasteiger partial charge in [-0.2, -0.15) is 5.10 Å². The molecule has 2 fully saturated rings. The highest BCUT2D eigenvalue weighted by atomic mass is 16.5. The van der Waals surface area contributed by atoms with Gasteiger partial charge in [0.15, 0.2) is 12.0 Å². The fourth-order valence-electron chi connectivity index (χ4n) is 6.29. The maximum Gasteiger partial charge on any atom is 0.407 e. The lowest BCUT2D eigenvalue weighted by molar-refractivity contribution is -0.0364. The molecule has 0 bridgehead atoms. The first-order valence-electron chi connectivity index (χ1n) is 14.6. The van der Waals surface area contributed by atoms with Gasteiger partial charge in [-0.25, -0.2) is 9.48 Å². The Bertz CT molecular complexity index is 1310. The van der Waals surface area contributed by atoms with Crippen LogP contribution in [0.2, 0.25) is 0 Å². The van der Waals surface area contributed by atoms with Crippen molar-refractivity contribution >= 4 is 28.5 Å². The number of carbonyl (C=O) groups is 1. The summed E-state index contributed by atoms with van der Waals surface area (Å²) >= 11 is 0. The van der Waals surface area contributed by atoms with E-state index in [9.17, 15) is 15.0 Å². The monoisotopic (exact) mass is 548 g/mol. The Kier molecular flexibility index (Phi) is 8.08. The summed E-state index contributed by atoms with van der Waals surface area (Å²) in [5.41, 5.74) is 4.72. The molecule has 3 aromatic rings. The minimum absolute atomic E-state index is 0.137. The van der Waals surface area contributed by atoms with Crippen molar-refractivity contribution in [2.24, 2.45) is 0 Å². The fourth-order valence-corrected chi connectivity index (χ4v) is 6.29. The molecule has 0 spiro atoms. The predicted octanol–water partition coefficient (Wildman–Crippen LogP) is 4.12. The van der Waals surface area contributed by atoms with Crippen LogP contribution in [0.4, 0.5) is 16.3 Å². The van der Waals surface area contributed by atoms with Crippen LogP contribution in [-0.4, -0.2) is 87.4 Å². The predicted molar refractivity (Wildman–Crippen MR) is 155 cm³/mol. The summed E-state index contributed by atoms with van der Waals surface area (Å²) in [5, 5.41) is 33.4. The SMILES string of the molecule is O=C(O)N1CCC(Nc2cccc3c(NC[C@H](O)CN4CCc5ccccc5C4)nn(C4CCCCO4)c23)CC1. The Balaban J connectivity index is 1.17. The van der Waals surface area contributed by atoms with E-state index in [4.69, 9.17) is 9.84 Å². The number of benzene rings is 2. The van der Waals surface area contributed by atoms with E-state index in [1.807, 2.05) is 10.7 Å². The number of carboxylic acid groups (broad SMARTS) is 1. The van der Waals surface area contributed by atoms with Crippen molar-refractivity contribution in [1.82, 2.24) is 19.6 Å². The van der Waals surface area contributed by atoms with E-state index in [1.54, 1.807) is 0 Å². The first-order chi connectivity index (χ1) is 19.5. The first kappa shape index (κ1) is 26.9. The number of likely N-dealkylation sites (tertiary alicyclic amines) is 1. The molecule has 0 saturated carbocycles. The standard InChI is InChI=1S/C30H40N6O4/c37-24(20-34-14-11-21-6-1-2-7-22(21)19-34)18-31-29-25-8-5-9-26(32-23-12-15-35(16-13-23)30(38)39)28(25)36(33-29)27-10-3-4-17-40-27/h1-2,5-9,23-24,27,32,37H,3-4,10-20H2,(H,31,33)(H,38,39)/t24-,27?/m0/s1. The Morgan fingerprint density at radius 3 is 2.65 bits per heavy atom. The average molecular weight is 549 g/mol. The van der Waals surface area contributed by atoms with Gasteiger partial charge in [0.05, 0.1) is 17.3 Å². The molecule has 6 rings (SSSR count). The van der Waals surface area contributed by atoms with Crippen molar-refractivity contribution in [3.8, 4) is 0 Å². The molecular formula is C30H40N6O4. The topological polar surface area (TPSA) is 115 Å². The quantitative estimate of drug-likeness (QED) is 0.332. The van der Waals surface area contributed by atoms with Crippen LogP contribution < -0.4 is 10.6 Å². The summed E-state index contributed by atoms with van der Waals surface area (Å²) in [6.07, 6.45) is 4.06. The maximum atomic E-state index is 11.3. The first-order valence-corrected chi connectivity index (χ1v) is 14.6. The molecule has 3 aliphatic heterocycles. The van der Waals surface area contributed by atoms with Gasteiger partial charge in [-0.05, 0) is 61.8 Å². The maximum absolute atomic E-state index is 11.3. The summed E-state index contributed by atoms with van der Waals surface area (Å²) in [6.45, 7) is 4.60. The molecule has 0 radical (unpaired) electrons. The lowest BCUT2D eigenvalue weighted by Crippen LogP contribution is -2.41. The zero-order chi connectivity index (χ0) is 27.5.